The Morgan fingerprint density at radius 2 is 1.67 bits per heavy atom. The van der Waals surface area contributed by atoms with E-state index in [-0.39, 0.29) is 18.4 Å². The van der Waals surface area contributed by atoms with Crippen molar-refractivity contribution in [3.8, 4) is 0 Å². The van der Waals surface area contributed by atoms with E-state index in [9.17, 15) is 9.90 Å². The van der Waals surface area contributed by atoms with Crippen molar-refractivity contribution in [2.75, 3.05) is 11.5 Å². The van der Waals surface area contributed by atoms with Crippen molar-refractivity contribution in [3.63, 3.8) is 0 Å². The number of aliphatic hydroxyl groups is 1. The first-order chi connectivity index (χ1) is 10.1. The van der Waals surface area contributed by atoms with Crippen LogP contribution in [0.25, 0.3) is 0 Å². The van der Waals surface area contributed by atoms with Crippen molar-refractivity contribution < 1.29 is 9.90 Å². The topological polar surface area (TPSA) is 40.5 Å². The van der Waals surface area contributed by atoms with Gasteiger partial charge in [-0.25, -0.2) is 0 Å². The van der Waals surface area contributed by atoms with Crippen molar-refractivity contribution in [2.24, 2.45) is 0 Å². The summed E-state index contributed by atoms with van der Waals surface area (Å²) in [6, 6.07) is 17.2. The summed E-state index contributed by atoms with van der Waals surface area (Å²) >= 11 is 0. The highest BCUT2D eigenvalue weighted by Crippen LogP contribution is 2.42. The third kappa shape index (κ3) is 2.05. The number of fused-ring (bicyclic) bond motifs is 1. The second-order valence-electron chi connectivity index (χ2n) is 5.95. The molecule has 3 nitrogen and oxygen atoms in total. The van der Waals surface area contributed by atoms with Crippen molar-refractivity contribution in [2.45, 2.75) is 25.3 Å². The van der Waals surface area contributed by atoms with Gasteiger partial charge in [0.1, 0.15) is 0 Å². The van der Waals surface area contributed by atoms with Crippen molar-refractivity contribution in [3.05, 3.63) is 65.7 Å². The first-order valence-corrected chi connectivity index (χ1v) is 7.16. The molecule has 1 heterocycles. The third-order valence-corrected chi connectivity index (χ3v) is 4.40. The van der Waals surface area contributed by atoms with Gasteiger partial charge in [0.15, 0.2) is 0 Å². The number of hydrogen-bond acceptors (Lipinski definition) is 2. The fourth-order valence-corrected chi connectivity index (χ4v) is 3.26. The van der Waals surface area contributed by atoms with E-state index in [4.69, 9.17) is 0 Å². The van der Waals surface area contributed by atoms with Crippen LogP contribution >= 0.6 is 0 Å². The minimum atomic E-state index is -0.485. The lowest BCUT2D eigenvalue weighted by Crippen LogP contribution is -2.56. The van der Waals surface area contributed by atoms with Crippen LogP contribution in [0.1, 0.15) is 35.7 Å². The molecule has 1 unspecified atom stereocenters. The predicted octanol–water partition coefficient (Wildman–Crippen LogP) is 3.20. The summed E-state index contributed by atoms with van der Waals surface area (Å²) in [5, 5.41) is 9.89. The van der Waals surface area contributed by atoms with Crippen LogP contribution in [0.15, 0.2) is 54.6 Å². The van der Waals surface area contributed by atoms with Gasteiger partial charge in [0.05, 0.1) is 12.1 Å². The smallest absolute Gasteiger partial charge is 0.259 e. The first-order valence-electron chi connectivity index (χ1n) is 7.16. The van der Waals surface area contributed by atoms with Gasteiger partial charge < -0.3 is 10.0 Å². The molecule has 0 radical (unpaired) electrons. The SMILES string of the molecule is CC1(C)C(CO)c2ccccc2C(=O)N1c1ccccc1. The molecule has 1 amide bonds. The van der Waals surface area contributed by atoms with Crippen LogP contribution in [-0.4, -0.2) is 23.2 Å². The molecule has 0 fully saturated rings. The summed E-state index contributed by atoms with van der Waals surface area (Å²) in [5.74, 6) is -0.113. The van der Waals surface area contributed by atoms with Gasteiger partial charge in [-0.1, -0.05) is 36.4 Å². The molecule has 2 aromatic carbocycles. The molecule has 1 N–H and O–H groups in total. The molecule has 108 valence electrons. The maximum atomic E-state index is 12.9. The average Bonchev–Trinajstić information content (AvgIpc) is 2.48. The number of amides is 1. The van der Waals surface area contributed by atoms with E-state index in [1.165, 1.54) is 0 Å². The molecule has 0 aliphatic carbocycles. The van der Waals surface area contributed by atoms with Crippen molar-refractivity contribution in [1.82, 2.24) is 0 Å². The highest BCUT2D eigenvalue weighted by atomic mass is 16.3. The zero-order valence-electron chi connectivity index (χ0n) is 12.3. The molecular weight excluding hydrogens is 262 g/mol. The van der Waals surface area contributed by atoms with Crippen LogP contribution in [0, 0.1) is 0 Å². The van der Waals surface area contributed by atoms with E-state index < -0.39 is 5.54 Å². The summed E-state index contributed by atoms with van der Waals surface area (Å²) in [7, 11) is 0. The number of anilines is 1. The van der Waals surface area contributed by atoms with Crippen LogP contribution in [0.3, 0.4) is 0 Å². The van der Waals surface area contributed by atoms with E-state index in [1.807, 2.05) is 68.4 Å². The van der Waals surface area contributed by atoms with Gasteiger partial charge in [-0.3, -0.25) is 4.79 Å². The minimum Gasteiger partial charge on any atom is -0.396 e. The monoisotopic (exact) mass is 281 g/mol. The average molecular weight is 281 g/mol. The van der Waals surface area contributed by atoms with E-state index in [0.29, 0.717) is 5.56 Å². The molecule has 0 spiro atoms. The van der Waals surface area contributed by atoms with Gasteiger partial charge in [-0.15, -0.1) is 0 Å². The van der Waals surface area contributed by atoms with Crippen LogP contribution in [0.5, 0.6) is 0 Å². The standard InChI is InChI=1S/C18H19NO2/c1-18(2)16(12-20)14-10-6-7-11-15(14)17(21)19(18)13-8-4-3-5-9-13/h3-11,16,20H,12H2,1-2H3. The van der Waals surface area contributed by atoms with Gasteiger partial charge in [0, 0.05) is 17.2 Å². The van der Waals surface area contributed by atoms with Gasteiger partial charge in [0.25, 0.3) is 5.91 Å². The Hall–Kier alpha value is -2.13. The molecule has 0 saturated heterocycles. The Morgan fingerprint density at radius 1 is 1.05 bits per heavy atom. The van der Waals surface area contributed by atoms with E-state index in [2.05, 4.69) is 0 Å². The van der Waals surface area contributed by atoms with Crippen LogP contribution < -0.4 is 4.90 Å². The maximum absolute atomic E-state index is 12.9. The second-order valence-corrected chi connectivity index (χ2v) is 5.95. The van der Waals surface area contributed by atoms with Crippen LogP contribution in [0.4, 0.5) is 5.69 Å². The molecule has 21 heavy (non-hydrogen) atoms. The fourth-order valence-electron chi connectivity index (χ4n) is 3.26. The van der Waals surface area contributed by atoms with Gasteiger partial charge in [0.2, 0.25) is 0 Å². The molecule has 1 atom stereocenters. The van der Waals surface area contributed by atoms with Gasteiger partial charge in [-0.2, -0.15) is 0 Å². The maximum Gasteiger partial charge on any atom is 0.259 e. The molecule has 1 aliphatic rings. The lowest BCUT2D eigenvalue weighted by atomic mass is 9.75. The summed E-state index contributed by atoms with van der Waals surface area (Å²) in [4.78, 5) is 14.7. The Kier molecular flexibility index (Phi) is 3.30. The Bertz CT molecular complexity index is 664. The lowest BCUT2D eigenvalue weighted by molar-refractivity contribution is 0.0918. The fraction of sp³-hybridized carbons (Fsp3) is 0.278. The number of rotatable bonds is 2. The summed E-state index contributed by atoms with van der Waals surface area (Å²) in [6.07, 6.45) is 0. The number of benzene rings is 2. The molecule has 3 rings (SSSR count). The van der Waals surface area contributed by atoms with E-state index in [1.54, 1.807) is 4.90 Å². The Balaban J connectivity index is 2.21. The summed E-state index contributed by atoms with van der Waals surface area (Å²) < 4.78 is 0. The number of hydrogen-bond donors (Lipinski definition) is 1. The van der Waals surface area contributed by atoms with Crippen molar-refractivity contribution >= 4 is 11.6 Å². The number of nitrogens with zero attached hydrogens (tertiary/aromatic N) is 1. The summed E-state index contributed by atoms with van der Waals surface area (Å²) in [6.45, 7) is 4.03. The van der Waals surface area contributed by atoms with Crippen LogP contribution in [0.2, 0.25) is 0 Å². The highest BCUT2D eigenvalue weighted by molar-refractivity contribution is 6.09. The molecule has 2 aromatic rings. The summed E-state index contributed by atoms with van der Waals surface area (Å²) in [5.41, 5.74) is 1.99. The van der Waals surface area contributed by atoms with Gasteiger partial charge in [-0.05, 0) is 37.6 Å². The van der Waals surface area contributed by atoms with Crippen molar-refractivity contribution in [1.29, 1.82) is 0 Å². The lowest BCUT2D eigenvalue weighted by Gasteiger charge is -2.48. The Morgan fingerprint density at radius 3 is 2.33 bits per heavy atom. The first kappa shape index (κ1) is 13.8. The minimum absolute atomic E-state index is 0.00787. The highest BCUT2D eigenvalue weighted by Gasteiger charge is 2.45. The third-order valence-electron chi connectivity index (χ3n) is 4.40. The van der Waals surface area contributed by atoms with Crippen LogP contribution in [-0.2, 0) is 0 Å². The Labute approximate surface area is 124 Å². The van der Waals surface area contributed by atoms with E-state index >= 15 is 0 Å². The zero-order chi connectivity index (χ0) is 15.0. The zero-order valence-corrected chi connectivity index (χ0v) is 12.3. The molecule has 0 bridgehead atoms. The number of carbonyl (C=O) groups excluding carboxylic acids is 1. The predicted molar refractivity (Wildman–Crippen MR) is 83.6 cm³/mol. The number of aliphatic hydroxyl groups excluding tert-OH is 1. The van der Waals surface area contributed by atoms with Gasteiger partial charge >= 0.3 is 0 Å². The molecule has 0 aromatic heterocycles. The molecule has 1 aliphatic heterocycles. The number of para-hydroxylation sites is 1. The largest absolute Gasteiger partial charge is 0.396 e. The molecule has 0 saturated carbocycles. The van der Waals surface area contributed by atoms with E-state index in [0.717, 1.165) is 11.3 Å². The number of carbonyl (C=O) groups is 1. The quantitative estimate of drug-likeness (QED) is 0.918. The molecular formula is C18H19NO2. The second kappa shape index (κ2) is 5.01. The molecule has 3 heteroatoms. The normalized spacial score (nSPS) is 20.2.